The first kappa shape index (κ1) is 8.09. The number of carbonyl (C=O) groups is 1. The minimum absolute atomic E-state index is 0.0269. The average Bonchev–Trinajstić information content (AvgIpc) is 2.28. The Labute approximate surface area is 73.3 Å². The monoisotopic (exact) mass is 168 g/mol. The van der Waals surface area contributed by atoms with Gasteiger partial charge < -0.3 is 4.74 Å². The summed E-state index contributed by atoms with van der Waals surface area (Å²) in [5, 5.41) is 0. The van der Waals surface area contributed by atoms with E-state index in [0.717, 1.165) is 12.3 Å². The van der Waals surface area contributed by atoms with E-state index in [0.29, 0.717) is 5.92 Å². The first-order valence-electron chi connectivity index (χ1n) is 4.89. The molecule has 4 atom stereocenters. The standard InChI is InChI=1S/C10H16O2/c1-6-3-4-8-7(2)10(11)12-9(8)5-6/h6-9H,3-5H2,1-2H3/t6?,7?,8-,9?/m1/s1. The summed E-state index contributed by atoms with van der Waals surface area (Å²) in [5.74, 6) is 1.44. The van der Waals surface area contributed by atoms with E-state index in [1.807, 2.05) is 6.92 Å². The molecule has 0 aromatic rings. The van der Waals surface area contributed by atoms with Gasteiger partial charge in [0.15, 0.2) is 0 Å². The van der Waals surface area contributed by atoms with Gasteiger partial charge in [0.2, 0.25) is 0 Å². The second-order valence-electron chi connectivity index (χ2n) is 4.35. The van der Waals surface area contributed by atoms with E-state index in [1.165, 1.54) is 12.8 Å². The van der Waals surface area contributed by atoms with Crippen molar-refractivity contribution in [3.8, 4) is 0 Å². The van der Waals surface area contributed by atoms with Crippen molar-refractivity contribution in [2.24, 2.45) is 17.8 Å². The van der Waals surface area contributed by atoms with Crippen molar-refractivity contribution in [1.82, 2.24) is 0 Å². The van der Waals surface area contributed by atoms with E-state index < -0.39 is 0 Å². The summed E-state index contributed by atoms with van der Waals surface area (Å²) in [6.45, 7) is 4.25. The average molecular weight is 168 g/mol. The molecular formula is C10H16O2. The number of fused-ring (bicyclic) bond motifs is 1. The van der Waals surface area contributed by atoms with Gasteiger partial charge in [-0.3, -0.25) is 4.79 Å². The highest BCUT2D eigenvalue weighted by Crippen LogP contribution is 2.40. The third-order valence-corrected chi connectivity index (χ3v) is 3.39. The van der Waals surface area contributed by atoms with Gasteiger partial charge in [0, 0.05) is 5.92 Å². The van der Waals surface area contributed by atoms with Crippen molar-refractivity contribution in [3.05, 3.63) is 0 Å². The number of esters is 1. The van der Waals surface area contributed by atoms with E-state index in [2.05, 4.69) is 6.92 Å². The fourth-order valence-electron chi connectivity index (χ4n) is 2.49. The summed E-state index contributed by atoms with van der Waals surface area (Å²) >= 11 is 0. The van der Waals surface area contributed by atoms with Gasteiger partial charge in [-0.2, -0.15) is 0 Å². The van der Waals surface area contributed by atoms with Crippen LogP contribution < -0.4 is 0 Å². The zero-order valence-corrected chi connectivity index (χ0v) is 7.75. The Balaban J connectivity index is 2.09. The van der Waals surface area contributed by atoms with Gasteiger partial charge in [0.25, 0.3) is 0 Å². The van der Waals surface area contributed by atoms with Crippen molar-refractivity contribution in [1.29, 1.82) is 0 Å². The zero-order valence-electron chi connectivity index (χ0n) is 7.75. The number of hydrogen-bond acceptors (Lipinski definition) is 2. The summed E-state index contributed by atoms with van der Waals surface area (Å²) in [4.78, 5) is 11.2. The lowest BCUT2D eigenvalue weighted by atomic mass is 9.77. The molecule has 0 aromatic heterocycles. The van der Waals surface area contributed by atoms with E-state index in [4.69, 9.17) is 4.74 Å². The molecule has 0 aromatic carbocycles. The summed E-state index contributed by atoms with van der Waals surface area (Å²) < 4.78 is 5.31. The molecule has 1 aliphatic heterocycles. The molecule has 12 heavy (non-hydrogen) atoms. The van der Waals surface area contributed by atoms with Crippen molar-refractivity contribution >= 4 is 5.97 Å². The third-order valence-electron chi connectivity index (χ3n) is 3.39. The van der Waals surface area contributed by atoms with Gasteiger partial charge in [-0.25, -0.2) is 0 Å². The molecule has 1 heterocycles. The van der Waals surface area contributed by atoms with Crippen LogP contribution >= 0.6 is 0 Å². The predicted molar refractivity (Wildman–Crippen MR) is 45.5 cm³/mol. The molecular weight excluding hydrogens is 152 g/mol. The summed E-state index contributed by atoms with van der Waals surface area (Å²) in [6, 6.07) is 0. The van der Waals surface area contributed by atoms with Crippen molar-refractivity contribution in [2.75, 3.05) is 0 Å². The first-order chi connectivity index (χ1) is 5.68. The molecule has 1 saturated heterocycles. The van der Waals surface area contributed by atoms with E-state index >= 15 is 0 Å². The maximum Gasteiger partial charge on any atom is 0.309 e. The van der Waals surface area contributed by atoms with Crippen LogP contribution in [0, 0.1) is 17.8 Å². The molecule has 0 spiro atoms. The molecule has 2 nitrogen and oxygen atoms in total. The van der Waals surface area contributed by atoms with Crippen molar-refractivity contribution < 1.29 is 9.53 Å². The topological polar surface area (TPSA) is 26.3 Å². The van der Waals surface area contributed by atoms with Gasteiger partial charge in [-0.15, -0.1) is 0 Å². The zero-order chi connectivity index (χ0) is 8.72. The molecule has 2 heteroatoms. The van der Waals surface area contributed by atoms with Gasteiger partial charge in [0.05, 0.1) is 5.92 Å². The smallest absolute Gasteiger partial charge is 0.309 e. The Hall–Kier alpha value is -0.530. The van der Waals surface area contributed by atoms with Crippen LogP contribution in [-0.4, -0.2) is 12.1 Å². The Bertz CT molecular complexity index is 200. The van der Waals surface area contributed by atoms with Crippen LogP contribution in [0.4, 0.5) is 0 Å². The maximum absolute atomic E-state index is 11.2. The van der Waals surface area contributed by atoms with Gasteiger partial charge in [-0.1, -0.05) is 20.3 Å². The molecule has 0 amide bonds. The Morgan fingerprint density at radius 3 is 2.83 bits per heavy atom. The largest absolute Gasteiger partial charge is 0.462 e. The van der Waals surface area contributed by atoms with Gasteiger partial charge >= 0.3 is 5.97 Å². The lowest BCUT2D eigenvalue weighted by Crippen LogP contribution is -2.27. The Morgan fingerprint density at radius 1 is 1.33 bits per heavy atom. The minimum Gasteiger partial charge on any atom is -0.462 e. The van der Waals surface area contributed by atoms with Crippen molar-refractivity contribution in [3.63, 3.8) is 0 Å². The number of ether oxygens (including phenoxy) is 1. The van der Waals surface area contributed by atoms with Crippen LogP contribution in [0.15, 0.2) is 0 Å². The lowest BCUT2D eigenvalue weighted by Gasteiger charge is -2.28. The molecule has 0 N–H and O–H groups in total. The van der Waals surface area contributed by atoms with Crippen LogP contribution in [0.3, 0.4) is 0 Å². The fraction of sp³-hybridized carbons (Fsp3) is 0.900. The van der Waals surface area contributed by atoms with E-state index in [9.17, 15) is 4.79 Å². The normalized spacial score (nSPS) is 47.0. The van der Waals surface area contributed by atoms with Crippen LogP contribution in [0.5, 0.6) is 0 Å². The second kappa shape index (κ2) is 2.75. The van der Waals surface area contributed by atoms with E-state index in [-0.39, 0.29) is 18.0 Å². The summed E-state index contributed by atoms with van der Waals surface area (Å²) in [7, 11) is 0. The Kier molecular flexibility index (Phi) is 1.85. The first-order valence-corrected chi connectivity index (χ1v) is 4.89. The van der Waals surface area contributed by atoms with Crippen LogP contribution in [0.2, 0.25) is 0 Å². The summed E-state index contributed by atoms with van der Waals surface area (Å²) in [5.41, 5.74) is 0. The maximum atomic E-state index is 11.2. The molecule has 68 valence electrons. The number of hydrogen-bond donors (Lipinski definition) is 0. The number of rotatable bonds is 0. The predicted octanol–water partition coefficient (Wildman–Crippen LogP) is 1.98. The lowest BCUT2D eigenvalue weighted by molar-refractivity contribution is -0.144. The SMILES string of the molecule is CC1CC[C@H]2C(C1)OC(=O)C2C. The molecule has 1 saturated carbocycles. The molecule has 3 unspecified atom stereocenters. The Morgan fingerprint density at radius 2 is 2.08 bits per heavy atom. The second-order valence-corrected chi connectivity index (χ2v) is 4.35. The fourth-order valence-corrected chi connectivity index (χ4v) is 2.49. The minimum atomic E-state index is 0.0269. The molecule has 2 rings (SSSR count). The quantitative estimate of drug-likeness (QED) is 0.517. The molecule has 0 radical (unpaired) electrons. The highest BCUT2D eigenvalue weighted by Gasteiger charge is 2.43. The number of carbonyl (C=O) groups excluding carboxylic acids is 1. The van der Waals surface area contributed by atoms with E-state index in [1.54, 1.807) is 0 Å². The summed E-state index contributed by atoms with van der Waals surface area (Å²) in [6.07, 6.45) is 3.78. The van der Waals surface area contributed by atoms with Gasteiger partial charge in [0.1, 0.15) is 6.10 Å². The molecule has 2 aliphatic rings. The molecule has 2 fully saturated rings. The van der Waals surface area contributed by atoms with Gasteiger partial charge in [-0.05, 0) is 18.8 Å². The highest BCUT2D eigenvalue weighted by atomic mass is 16.6. The van der Waals surface area contributed by atoms with Crippen LogP contribution in [-0.2, 0) is 9.53 Å². The van der Waals surface area contributed by atoms with Crippen LogP contribution in [0.25, 0.3) is 0 Å². The highest BCUT2D eigenvalue weighted by molar-refractivity contribution is 5.74. The third kappa shape index (κ3) is 1.13. The molecule has 1 aliphatic carbocycles. The molecule has 0 bridgehead atoms. The van der Waals surface area contributed by atoms with Crippen LogP contribution in [0.1, 0.15) is 33.1 Å². The van der Waals surface area contributed by atoms with Crippen molar-refractivity contribution in [2.45, 2.75) is 39.2 Å².